The first-order valence-corrected chi connectivity index (χ1v) is 14.3. The van der Waals surface area contributed by atoms with E-state index in [1.54, 1.807) is 0 Å². The molecule has 2 aliphatic rings. The van der Waals surface area contributed by atoms with E-state index in [2.05, 4.69) is 60.6 Å². The molecule has 0 aliphatic carbocycles. The second kappa shape index (κ2) is 8.48. The van der Waals surface area contributed by atoms with E-state index in [1.807, 2.05) is 0 Å². The maximum absolute atomic E-state index is 13.3. The van der Waals surface area contributed by atoms with E-state index in [0.29, 0.717) is 17.2 Å². The van der Waals surface area contributed by atoms with Crippen LogP contribution in [0.4, 0.5) is 0 Å². The van der Waals surface area contributed by atoms with Crippen molar-refractivity contribution in [1.82, 2.24) is 0 Å². The van der Waals surface area contributed by atoms with Crippen molar-refractivity contribution >= 4 is 24.1 Å². The molecule has 6 heteroatoms. The SMILES string of the molecule is COC(=O)C1=C(C(=O)OC)P2(c3c(C(C)C)cc(C(C)C)cc3C(C)C)(CCC(C)C2)O1. The van der Waals surface area contributed by atoms with Gasteiger partial charge in [-0.1, -0.05) is 0 Å². The number of methoxy groups -OCH3 is 2. The monoisotopic (exact) mass is 462 g/mol. The van der Waals surface area contributed by atoms with Crippen LogP contribution in [0.15, 0.2) is 23.2 Å². The van der Waals surface area contributed by atoms with Gasteiger partial charge in [0.25, 0.3) is 0 Å². The van der Waals surface area contributed by atoms with Crippen molar-refractivity contribution in [3.05, 3.63) is 39.9 Å². The summed E-state index contributed by atoms with van der Waals surface area (Å²) in [7, 11) is 2.70. The molecular weight excluding hydrogens is 423 g/mol. The van der Waals surface area contributed by atoms with Crippen LogP contribution in [0.3, 0.4) is 0 Å². The zero-order valence-corrected chi connectivity index (χ0v) is 22.0. The van der Waals surface area contributed by atoms with Gasteiger partial charge in [0.2, 0.25) is 0 Å². The van der Waals surface area contributed by atoms with Crippen LogP contribution < -0.4 is 5.30 Å². The molecule has 0 bridgehead atoms. The number of rotatable bonds is 6. The van der Waals surface area contributed by atoms with Crippen molar-refractivity contribution in [1.29, 1.82) is 0 Å². The average molecular weight is 463 g/mol. The molecule has 1 unspecified atom stereocenters. The van der Waals surface area contributed by atoms with Crippen molar-refractivity contribution < 1.29 is 23.6 Å². The van der Waals surface area contributed by atoms with Gasteiger partial charge in [-0.25, -0.2) is 0 Å². The molecule has 2 aliphatic heterocycles. The summed E-state index contributed by atoms with van der Waals surface area (Å²) in [5, 5.41) is 1.64. The minimum absolute atomic E-state index is 0.0449. The first-order chi connectivity index (χ1) is 14.9. The number of carbonyl (C=O) groups excluding carboxylic acids is 2. The molecule has 178 valence electrons. The molecule has 1 spiro atoms. The average Bonchev–Trinajstić information content (AvgIpc) is 3.10. The third-order valence-corrected chi connectivity index (χ3v) is 13.4. The van der Waals surface area contributed by atoms with Gasteiger partial charge >= 0.3 is 193 Å². The summed E-state index contributed by atoms with van der Waals surface area (Å²) in [4.78, 5) is 25.9. The van der Waals surface area contributed by atoms with Crippen molar-refractivity contribution in [3.63, 3.8) is 0 Å². The standard InChI is InChI=1S/C26H39O5P/c1-15(2)19-12-20(16(3)4)23(21(13-19)17(5)6)32(11-10-18(7)14-32)24(26(28)30-9)22(31-32)25(27)29-8/h12-13,15-18H,10-11,14H2,1-9H3. The van der Waals surface area contributed by atoms with Crippen LogP contribution in [0.25, 0.3) is 0 Å². The van der Waals surface area contributed by atoms with Crippen molar-refractivity contribution in [2.75, 3.05) is 26.5 Å². The summed E-state index contributed by atoms with van der Waals surface area (Å²) in [6.45, 7) is 12.0. The van der Waals surface area contributed by atoms with E-state index in [4.69, 9.17) is 14.0 Å². The van der Waals surface area contributed by atoms with Crippen LogP contribution >= 0.6 is 6.83 Å². The van der Waals surface area contributed by atoms with Gasteiger partial charge in [-0.05, 0) is 0 Å². The molecule has 0 radical (unpaired) electrons. The van der Waals surface area contributed by atoms with Gasteiger partial charge in [-0.15, -0.1) is 0 Å². The van der Waals surface area contributed by atoms with Crippen LogP contribution in [-0.4, -0.2) is 38.5 Å². The fourth-order valence-electron chi connectivity index (χ4n) is 5.63. The molecule has 0 aromatic heterocycles. The number of esters is 2. The molecule has 0 N–H and O–H groups in total. The summed E-state index contributed by atoms with van der Waals surface area (Å²) < 4.78 is 17.0. The van der Waals surface area contributed by atoms with Gasteiger partial charge in [-0.3, -0.25) is 0 Å². The maximum atomic E-state index is 13.3. The summed E-state index contributed by atoms with van der Waals surface area (Å²) >= 11 is 0. The van der Waals surface area contributed by atoms with E-state index < -0.39 is 18.8 Å². The first-order valence-electron chi connectivity index (χ1n) is 11.7. The summed E-state index contributed by atoms with van der Waals surface area (Å²) in [6, 6.07) is 4.60. The molecule has 1 fully saturated rings. The molecular formula is C26H39O5P. The fourth-order valence-corrected chi connectivity index (χ4v) is 13.1. The quantitative estimate of drug-likeness (QED) is 0.396. The minimum atomic E-state index is -3.41. The van der Waals surface area contributed by atoms with Crippen molar-refractivity contribution in [2.45, 2.75) is 72.6 Å². The van der Waals surface area contributed by atoms with E-state index in [1.165, 1.54) is 36.2 Å². The van der Waals surface area contributed by atoms with Crippen molar-refractivity contribution in [2.24, 2.45) is 5.92 Å². The number of benzene rings is 1. The van der Waals surface area contributed by atoms with Crippen molar-refractivity contribution in [3.8, 4) is 0 Å². The van der Waals surface area contributed by atoms with Gasteiger partial charge in [0, 0.05) is 0 Å². The molecule has 1 atom stereocenters. The molecule has 1 aromatic rings. The third kappa shape index (κ3) is 3.48. The molecule has 1 saturated heterocycles. The molecule has 2 heterocycles. The summed E-state index contributed by atoms with van der Waals surface area (Å²) in [6.07, 6.45) is 2.48. The molecule has 0 amide bonds. The number of hydrogen-bond donors (Lipinski definition) is 0. The van der Waals surface area contributed by atoms with Crippen LogP contribution in [-0.2, 0) is 23.6 Å². The second-order valence-electron chi connectivity index (χ2n) is 10.5. The Hall–Kier alpha value is -1.87. The fraction of sp³-hybridized carbons (Fsp3) is 0.615. The second-order valence-corrected chi connectivity index (χ2v) is 15.2. The Morgan fingerprint density at radius 3 is 1.84 bits per heavy atom. The molecule has 32 heavy (non-hydrogen) atoms. The zero-order chi connectivity index (χ0) is 24.0. The normalized spacial score (nSPS) is 22.5. The van der Waals surface area contributed by atoms with Gasteiger partial charge < -0.3 is 0 Å². The predicted octanol–water partition coefficient (Wildman–Crippen LogP) is 5.78. The van der Waals surface area contributed by atoms with Crippen LogP contribution in [0.2, 0.25) is 0 Å². The Kier molecular flexibility index (Phi) is 6.56. The van der Waals surface area contributed by atoms with Gasteiger partial charge in [0.1, 0.15) is 0 Å². The third-order valence-electron chi connectivity index (χ3n) is 7.21. The van der Waals surface area contributed by atoms with E-state index in [-0.39, 0.29) is 17.6 Å². The van der Waals surface area contributed by atoms with Crippen LogP contribution in [0.5, 0.6) is 0 Å². The predicted molar refractivity (Wildman–Crippen MR) is 131 cm³/mol. The number of ether oxygens (including phenoxy) is 2. The Labute approximate surface area is 192 Å². The first kappa shape index (κ1) is 24.8. The van der Waals surface area contributed by atoms with Crippen LogP contribution in [0, 0.1) is 5.92 Å². The molecule has 3 rings (SSSR count). The van der Waals surface area contributed by atoms with E-state index in [0.717, 1.165) is 18.7 Å². The summed E-state index contributed by atoms with van der Waals surface area (Å²) in [5.41, 5.74) is 3.76. The van der Waals surface area contributed by atoms with Gasteiger partial charge in [0.15, 0.2) is 0 Å². The number of hydrogen-bond acceptors (Lipinski definition) is 5. The van der Waals surface area contributed by atoms with E-state index >= 15 is 0 Å². The van der Waals surface area contributed by atoms with Crippen LogP contribution in [0.1, 0.15) is 89.3 Å². The Balaban J connectivity index is 2.49. The van der Waals surface area contributed by atoms with E-state index in [9.17, 15) is 9.59 Å². The molecule has 1 aromatic carbocycles. The van der Waals surface area contributed by atoms with Gasteiger partial charge in [-0.2, -0.15) is 0 Å². The Bertz CT molecular complexity index is 947. The van der Waals surface area contributed by atoms with Gasteiger partial charge in [0.05, 0.1) is 0 Å². The summed E-state index contributed by atoms with van der Waals surface area (Å²) in [5.74, 6) is 0.257. The molecule has 0 saturated carbocycles. The molecule has 5 nitrogen and oxygen atoms in total. The number of carbonyl (C=O) groups is 2. The Morgan fingerprint density at radius 1 is 0.938 bits per heavy atom. The topological polar surface area (TPSA) is 61.8 Å². The zero-order valence-electron chi connectivity index (χ0n) is 21.1. The Morgan fingerprint density at radius 2 is 1.47 bits per heavy atom.